The molecule has 0 saturated heterocycles. The van der Waals surface area contributed by atoms with Gasteiger partial charge in [-0.05, 0) is 31.9 Å². The largest absolute Gasteiger partial charge is 0.480 e. The highest BCUT2D eigenvalue weighted by atomic mass is 32.2. The molecule has 26 heavy (non-hydrogen) atoms. The molecule has 1 fully saturated rings. The molecule has 0 aliphatic heterocycles. The lowest BCUT2D eigenvalue weighted by Crippen LogP contribution is -2.35. The van der Waals surface area contributed by atoms with Gasteiger partial charge in [-0.2, -0.15) is 13.2 Å². The van der Waals surface area contributed by atoms with E-state index in [-0.39, 0.29) is 24.1 Å². The number of ether oxygens (including phenoxy) is 2. The van der Waals surface area contributed by atoms with Crippen molar-refractivity contribution >= 4 is 21.9 Å². The second kappa shape index (κ2) is 7.98. The fourth-order valence-electron chi connectivity index (χ4n) is 1.96. The van der Waals surface area contributed by atoms with E-state index in [9.17, 15) is 26.4 Å². The minimum absolute atomic E-state index is 0.0186. The normalized spacial score (nSPS) is 14.6. The second-order valence-corrected chi connectivity index (χ2v) is 7.24. The zero-order valence-electron chi connectivity index (χ0n) is 13.8. The molecule has 12 heteroatoms. The first-order chi connectivity index (χ1) is 12.1. The number of amides is 1. The summed E-state index contributed by atoms with van der Waals surface area (Å²) in [6, 6.07) is 2.85. The molecule has 0 radical (unpaired) electrons. The summed E-state index contributed by atoms with van der Waals surface area (Å²) >= 11 is 0. The Labute approximate surface area is 148 Å². The topological polar surface area (TPSA) is 107 Å². The van der Waals surface area contributed by atoms with E-state index < -0.39 is 34.8 Å². The number of pyridine rings is 1. The van der Waals surface area contributed by atoms with Crippen LogP contribution in [0.15, 0.2) is 12.1 Å². The Morgan fingerprint density at radius 3 is 2.62 bits per heavy atom. The highest BCUT2D eigenvalue weighted by Crippen LogP contribution is 2.40. The monoisotopic (exact) mass is 397 g/mol. The van der Waals surface area contributed by atoms with Gasteiger partial charge in [0.15, 0.2) is 18.2 Å². The highest BCUT2D eigenvalue weighted by molar-refractivity contribution is 7.90. The minimum Gasteiger partial charge on any atom is -0.480 e. The Morgan fingerprint density at radius 2 is 2.04 bits per heavy atom. The Bertz CT molecular complexity index is 751. The quantitative estimate of drug-likeness (QED) is 0.693. The van der Waals surface area contributed by atoms with Crippen molar-refractivity contribution < 1.29 is 35.9 Å². The molecule has 2 N–H and O–H groups in total. The van der Waals surface area contributed by atoms with Crippen LogP contribution in [-0.2, 0) is 14.8 Å². The van der Waals surface area contributed by atoms with Crippen molar-refractivity contribution in [2.24, 2.45) is 0 Å². The van der Waals surface area contributed by atoms with Crippen LogP contribution >= 0.6 is 0 Å². The molecule has 0 bridgehead atoms. The molecule has 0 aromatic carbocycles. The number of nitrogens with one attached hydrogen (secondary N) is 2. The third kappa shape index (κ3) is 6.58. The maximum atomic E-state index is 12.4. The van der Waals surface area contributed by atoms with Gasteiger partial charge in [0.05, 0.1) is 6.61 Å². The van der Waals surface area contributed by atoms with Crippen LogP contribution in [-0.4, -0.2) is 44.8 Å². The number of nitrogens with zero attached hydrogens (tertiary/aromatic N) is 1. The third-order valence-corrected chi connectivity index (χ3v) is 4.21. The van der Waals surface area contributed by atoms with Crippen molar-refractivity contribution in [3.05, 3.63) is 17.8 Å². The maximum Gasteiger partial charge on any atom is 0.422 e. The summed E-state index contributed by atoms with van der Waals surface area (Å²) in [6.45, 7) is -0.0584. The van der Waals surface area contributed by atoms with E-state index in [2.05, 4.69) is 19.8 Å². The second-order valence-electron chi connectivity index (χ2n) is 5.52. The molecule has 0 unspecified atom stereocenters. The van der Waals surface area contributed by atoms with Crippen LogP contribution in [0.2, 0.25) is 0 Å². The molecule has 1 aromatic heterocycles. The van der Waals surface area contributed by atoms with Crippen LogP contribution < -0.4 is 14.8 Å². The number of hydrogen-bond acceptors (Lipinski definition) is 7. The van der Waals surface area contributed by atoms with Crippen molar-refractivity contribution in [1.29, 1.82) is 0 Å². The van der Waals surface area contributed by atoms with Gasteiger partial charge in [-0.1, -0.05) is 0 Å². The SMILES string of the molecule is CCOC(=O)NS(=O)(=O)CNc1nc(C2CC2)ccc1OCC(F)(F)F. The number of aromatic nitrogens is 1. The van der Waals surface area contributed by atoms with Crippen LogP contribution in [0.4, 0.5) is 23.8 Å². The average Bonchev–Trinajstić information content (AvgIpc) is 3.35. The van der Waals surface area contributed by atoms with Gasteiger partial charge in [-0.3, -0.25) is 0 Å². The molecular formula is C14H18F3N3O5S. The molecule has 0 spiro atoms. The fourth-order valence-corrected chi connectivity index (χ4v) is 2.67. The molecular weight excluding hydrogens is 379 g/mol. The maximum absolute atomic E-state index is 12.4. The lowest BCUT2D eigenvalue weighted by atomic mass is 10.2. The van der Waals surface area contributed by atoms with Gasteiger partial charge in [0.2, 0.25) is 0 Å². The van der Waals surface area contributed by atoms with Gasteiger partial charge >= 0.3 is 12.3 Å². The average molecular weight is 397 g/mol. The van der Waals surface area contributed by atoms with Crippen molar-refractivity contribution in [1.82, 2.24) is 9.71 Å². The van der Waals surface area contributed by atoms with E-state index in [1.54, 1.807) is 10.8 Å². The Balaban J connectivity index is 2.09. The predicted octanol–water partition coefficient (Wildman–Crippen LogP) is 2.35. The van der Waals surface area contributed by atoms with Crippen LogP contribution in [0, 0.1) is 0 Å². The van der Waals surface area contributed by atoms with Gasteiger partial charge < -0.3 is 14.8 Å². The third-order valence-electron chi connectivity index (χ3n) is 3.21. The molecule has 0 atom stereocenters. The first-order valence-electron chi connectivity index (χ1n) is 7.71. The van der Waals surface area contributed by atoms with E-state index >= 15 is 0 Å². The molecule has 1 aliphatic carbocycles. The van der Waals surface area contributed by atoms with Gasteiger partial charge in [0.25, 0.3) is 10.0 Å². The summed E-state index contributed by atoms with van der Waals surface area (Å²) in [6.07, 6.45) is -3.90. The first kappa shape index (κ1) is 20.1. The summed E-state index contributed by atoms with van der Waals surface area (Å²) in [5.74, 6) is -0.984. The number of rotatable bonds is 8. The summed E-state index contributed by atoms with van der Waals surface area (Å²) in [4.78, 5) is 15.3. The highest BCUT2D eigenvalue weighted by Gasteiger charge is 2.30. The molecule has 1 aliphatic rings. The van der Waals surface area contributed by atoms with Crippen LogP contribution in [0.3, 0.4) is 0 Å². The molecule has 8 nitrogen and oxygen atoms in total. The fraction of sp³-hybridized carbons (Fsp3) is 0.571. The first-order valence-corrected chi connectivity index (χ1v) is 9.36. The van der Waals surface area contributed by atoms with E-state index in [0.717, 1.165) is 12.8 Å². The number of hydrogen-bond donors (Lipinski definition) is 2. The number of anilines is 1. The Hall–Kier alpha value is -2.24. The summed E-state index contributed by atoms with van der Waals surface area (Å²) in [5.41, 5.74) is 0.627. The van der Waals surface area contributed by atoms with Crippen molar-refractivity contribution in [2.75, 3.05) is 24.4 Å². The lowest BCUT2D eigenvalue weighted by molar-refractivity contribution is -0.153. The predicted molar refractivity (Wildman–Crippen MR) is 85.3 cm³/mol. The van der Waals surface area contributed by atoms with Gasteiger partial charge in [0, 0.05) is 11.6 Å². The van der Waals surface area contributed by atoms with Crippen molar-refractivity contribution in [2.45, 2.75) is 31.9 Å². The molecule has 2 rings (SSSR count). The molecule has 1 heterocycles. The van der Waals surface area contributed by atoms with Crippen molar-refractivity contribution in [3.8, 4) is 5.75 Å². The summed E-state index contributed by atoms with van der Waals surface area (Å²) in [7, 11) is -4.13. The Kier molecular flexibility index (Phi) is 6.16. The van der Waals surface area contributed by atoms with Gasteiger partial charge in [-0.25, -0.2) is 22.9 Å². The molecule has 1 saturated carbocycles. The molecule has 1 amide bonds. The van der Waals surface area contributed by atoms with Crippen LogP contribution in [0.5, 0.6) is 5.75 Å². The lowest BCUT2D eigenvalue weighted by Gasteiger charge is -2.15. The number of alkyl halides is 3. The number of halogens is 3. The standard InChI is InChI=1S/C14H18F3N3O5S/c1-2-24-13(21)20-26(22,23)8-18-12-11(25-7-14(15,16)17)6-5-10(19-12)9-3-4-9/h5-6,9H,2-4,7-8H2,1H3,(H,18,19)(H,20,21). The van der Waals surface area contributed by atoms with Gasteiger partial charge in [-0.15, -0.1) is 0 Å². The number of carbonyl (C=O) groups is 1. The smallest absolute Gasteiger partial charge is 0.422 e. The number of sulfonamides is 1. The molecule has 146 valence electrons. The minimum atomic E-state index is -4.55. The molecule has 1 aromatic rings. The van der Waals surface area contributed by atoms with E-state index in [1.165, 1.54) is 13.0 Å². The van der Waals surface area contributed by atoms with Crippen molar-refractivity contribution in [3.63, 3.8) is 0 Å². The van der Waals surface area contributed by atoms with Crippen LogP contribution in [0.1, 0.15) is 31.4 Å². The summed E-state index contributed by atoms with van der Waals surface area (Å²) in [5, 5.41) is 2.40. The Morgan fingerprint density at radius 1 is 1.35 bits per heavy atom. The van der Waals surface area contributed by atoms with Gasteiger partial charge in [0.1, 0.15) is 5.88 Å². The van der Waals surface area contributed by atoms with E-state index in [4.69, 9.17) is 0 Å². The summed E-state index contributed by atoms with van der Waals surface area (Å²) < 4.78 is 71.5. The van der Waals surface area contributed by atoms with E-state index in [1.807, 2.05) is 0 Å². The number of carbonyl (C=O) groups excluding carboxylic acids is 1. The van der Waals surface area contributed by atoms with E-state index in [0.29, 0.717) is 5.69 Å². The zero-order valence-corrected chi connectivity index (χ0v) is 14.6. The zero-order chi connectivity index (χ0) is 19.4. The van der Waals surface area contributed by atoms with Crippen LogP contribution in [0.25, 0.3) is 0 Å².